The Morgan fingerprint density at radius 1 is 1.08 bits per heavy atom. The Kier molecular flexibility index (Phi) is 10.5. The number of aliphatic imine (C=N–C) groups is 1. The molecule has 3 amide bonds. The lowest BCUT2D eigenvalue weighted by Crippen LogP contribution is -2.57. The number of para-hydroxylation sites is 1. The summed E-state index contributed by atoms with van der Waals surface area (Å²) in [5.41, 5.74) is 14.2. The first kappa shape index (κ1) is 33.9. The summed E-state index contributed by atoms with van der Waals surface area (Å²) in [4.78, 5) is 49.6. The number of nitrogens with two attached hydrogens (primary N) is 2. The van der Waals surface area contributed by atoms with Crippen molar-refractivity contribution in [2.75, 3.05) is 20.8 Å². The molecule has 48 heavy (non-hydrogen) atoms. The fraction of sp³-hybridized carbons (Fsp3) is 0.265. The summed E-state index contributed by atoms with van der Waals surface area (Å²) >= 11 is 1.09. The number of fused-ring (bicyclic) bond motifs is 1. The minimum absolute atomic E-state index is 0.140. The maximum atomic E-state index is 14.6. The summed E-state index contributed by atoms with van der Waals surface area (Å²) in [6.45, 7) is 0.415. The molecular formula is C34H37N7O6S. The zero-order chi connectivity index (χ0) is 34.4. The Hall–Kier alpha value is -5.50. The summed E-state index contributed by atoms with van der Waals surface area (Å²) in [5, 5.41) is 21.0. The van der Waals surface area contributed by atoms with Crippen LogP contribution < -0.4 is 26.3 Å². The largest absolute Gasteiger partial charge is 0.502 e. The van der Waals surface area contributed by atoms with Crippen molar-refractivity contribution in [1.29, 1.82) is 5.41 Å². The molecule has 0 aliphatic carbocycles. The lowest BCUT2D eigenvalue weighted by Gasteiger charge is -2.39. The van der Waals surface area contributed by atoms with Crippen LogP contribution in [0.4, 0.5) is 5.69 Å². The maximum Gasteiger partial charge on any atom is 0.267 e. The molecule has 5 rings (SSSR count). The SMILES string of the molecule is COc1cc(/C=C2\S/C(=N\c3ccccc3)N([C@@H](CCCNC(=N)N)C(=O)N3Cc4ccccc4CC3C(N)=O)C2=O)cc(OC)c1O. The van der Waals surface area contributed by atoms with Crippen LogP contribution in [0.1, 0.15) is 29.5 Å². The lowest BCUT2D eigenvalue weighted by atomic mass is 9.92. The molecule has 1 unspecified atom stereocenters. The number of primary amides is 1. The van der Waals surface area contributed by atoms with Crippen LogP contribution in [-0.4, -0.2) is 76.6 Å². The van der Waals surface area contributed by atoms with Gasteiger partial charge in [0.25, 0.3) is 5.91 Å². The van der Waals surface area contributed by atoms with Crippen molar-refractivity contribution >= 4 is 52.4 Å². The molecule has 0 saturated carbocycles. The molecule has 2 atom stereocenters. The lowest BCUT2D eigenvalue weighted by molar-refractivity contribution is -0.146. The quantitative estimate of drug-likeness (QED) is 0.0881. The van der Waals surface area contributed by atoms with E-state index >= 15 is 0 Å². The monoisotopic (exact) mass is 671 g/mol. The van der Waals surface area contributed by atoms with Gasteiger partial charge in [0.2, 0.25) is 17.6 Å². The van der Waals surface area contributed by atoms with Crippen molar-refractivity contribution < 1.29 is 29.0 Å². The number of ether oxygens (including phenoxy) is 2. The van der Waals surface area contributed by atoms with E-state index in [2.05, 4.69) is 5.32 Å². The highest BCUT2D eigenvalue weighted by molar-refractivity contribution is 8.18. The van der Waals surface area contributed by atoms with E-state index in [4.69, 9.17) is 31.3 Å². The first-order valence-corrected chi connectivity index (χ1v) is 16.0. The number of methoxy groups -OCH3 is 2. The Labute approximate surface area is 282 Å². The third-order valence-electron chi connectivity index (χ3n) is 8.04. The predicted molar refractivity (Wildman–Crippen MR) is 184 cm³/mol. The summed E-state index contributed by atoms with van der Waals surface area (Å²) in [6, 6.07) is 17.7. The number of thioether (sulfide) groups is 1. The second-order valence-electron chi connectivity index (χ2n) is 11.1. The minimum atomic E-state index is -1.08. The third-order valence-corrected chi connectivity index (χ3v) is 9.03. The Balaban J connectivity index is 1.59. The first-order valence-electron chi connectivity index (χ1n) is 15.2. The van der Waals surface area contributed by atoms with Crippen LogP contribution in [-0.2, 0) is 27.3 Å². The van der Waals surface area contributed by atoms with Gasteiger partial charge in [-0.1, -0.05) is 42.5 Å². The fourth-order valence-corrected chi connectivity index (χ4v) is 6.72. The van der Waals surface area contributed by atoms with Crippen LogP contribution >= 0.6 is 11.8 Å². The average Bonchev–Trinajstić information content (AvgIpc) is 3.37. The van der Waals surface area contributed by atoms with E-state index in [-0.39, 0.29) is 59.2 Å². The molecule has 1 fully saturated rings. The van der Waals surface area contributed by atoms with Crippen molar-refractivity contribution in [2.24, 2.45) is 16.5 Å². The van der Waals surface area contributed by atoms with Crippen molar-refractivity contribution in [3.8, 4) is 17.2 Å². The van der Waals surface area contributed by atoms with Gasteiger partial charge in [-0.05, 0) is 71.6 Å². The predicted octanol–water partition coefficient (Wildman–Crippen LogP) is 3.08. The number of carbonyl (C=O) groups is 3. The molecule has 0 spiro atoms. The van der Waals surface area contributed by atoms with Crippen LogP contribution in [0.15, 0.2) is 76.6 Å². The number of phenols is 1. The maximum absolute atomic E-state index is 14.6. The van der Waals surface area contributed by atoms with Crippen LogP contribution in [0.5, 0.6) is 17.2 Å². The summed E-state index contributed by atoms with van der Waals surface area (Å²) in [7, 11) is 2.81. The molecule has 0 bridgehead atoms. The highest BCUT2D eigenvalue weighted by Gasteiger charge is 2.45. The molecule has 1 saturated heterocycles. The molecule has 0 radical (unpaired) electrons. The van der Waals surface area contributed by atoms with E-state index in [0.29, 0.717) is 17.7 Å². The molecule has 7 N–H and O–H groups in total. The van der Waals surface area contributed by atoms with Gasteiger partial charge in [0.15, 0.2) is 22.6 Å². The van der Waals surface area contributed by atoms with Crippen molar-refractivity contribution in [2.45, 2.75) is 37.9 Å². The van der Waals surface area contributed by atoms with Gasteiger partial charge in [0.05, 0.1) is 24.8 Å². The number of aromatic hydroxyl groups is 1. The summed E-state index contributed by atoms with van der Waals surface area (Å²) < 4.78 is 10.6. The first-order chi connectivity index (χ1) is 23.1. The van der Waals surface area contributed by atoms with E-state index in [1.807, 2.05) is 42.5 Å². The molecule has 3 aromatic carbocycles. The van der Waals surface area contributed by atoms with Gasteiger partial charge < -0.3 is 36.3 Å². The zero-order valence-corrected chi connectivity index (χ0v) is 27.3. The number of amides is 3. The van der Waals surface area contributed by atoms with E-state index < -0.39 is 29.8 Å². The minimum Gasteiger partial charge on any atom is -0.502 e. The van der Waals surface area contributed by atoms with Gasteiger partial charge in [-0.3, -0.25) is 24.7 Å². The fourth-order valence-electron chi connectivity index (χ4n) is 5.68. The number of nitrogens with one attached hydrogen (secondary N) is 2. The number of hydrogen-bond donors (Lipinski definition) is 5. The van der Waals surface area contributed by atoms with Crippen molar-refractivity contribution in [3.63, 3.8) is 0 Å². The number of hydrogen-bond acceptors (Lipinski definition) is 9. The van der Waals surface area contributed by atoms with Crippen molar-refractivity contribution in [3.05, 3.63) is 88.3 Å². The standard InChI is InChI=1S/C34H37N7O6S/c1-46-26-15-20(16-27(47-2)29(26)42)17-28-32(45)41(34(48-28)39-23-11-4-3-5-12-23)24(13-8-14-38-33(36)37)31(44)40-19-22-10-7-6-9-21(22)18-25(40)30(35)43/h3-7,9-12,15-17,24-25,42H,8,13-14,18-19H2,1-2H3,(H2,35,43)(H4,36,37,38)/b28-17-,39-34-/t24-,25?/m0/s1. The van der Waals surface area contributed by atoms with E-state index in [1.54, 1.807) is 30.3 Å². The number of benzene rings is 3. The molecule has 0 aromatic heterocycles. The van der Waals surface area contributed by atoms with Gasteiger partial charge in [-0.15, -0.1) is 0 Å². The third kappa shape index (κ3) is 7.39. The molecule has 2 aliphatic heterocycles. The number of phenolic OH excluding ortho intramolecular Hbond substituents is 1. The summed E-state index contributed by atoms with van der Waals surface area (Å²) in [6.07, 6.45) is 2.39. The molecule has 3 aromatic rings. The van der Waals surface area contributed by atoms with E-state index in [0.717, 1.165) is 22.9 Å². The van der Waals surface area contributed by atoms with Crippen LogP contribution in [0.3, 0.4) is 0 Å². The zero-order valence-electron chi connectivity index (χ0n) is 26.5. The van der Waals surface area contributed by atoms with Gasteiger partial charge in [-0.25, -0.2) is 4.99 Å². The number of rotatable bonds is 11. The van der Waals surface area contributed by atoms with Crippen molar-refractivity contribution in [1.82, 2.24) is 15.1 Å². The Bertz CT molecular complexity index is 1760. The van der Waals surface area contributed by atoms with Crippen LogP contribution in [0.2, 0.25) is 0 Å². The second-order valence-corrected chi connectivity index (χ2v) is 12.2. The highest BCUT2D eigenvalue weighted by atomic mass is 32.2. The molecule has 14 heteroatoms. The van der Waals surface area contributed by atoms with Gasteiger partial charge in [-0.2, -0.15) is 0 Å². The van der Waals surface area contributed by atoms with Crippen LogP contribution in [0.25, 0.3) is 6.08 Å². The van der Waals surface area contributed by atoms with Gasteiger partial charge in [0, 0.05) is 19.5 Å². The normalized spacial score (nSPS) is 18.0. The topological polar surface area (TPSA) is 197 Å². The Morgan fingerprint density at radius 2 is 1.73 bits per heavy atom. The molecule has 2 heterocycles. The highest BCUT2D eigenvalue weighted by Crippen LogP contribution is 2.41. The van der Waals surface area contributed by atoms with Crippen LogP contribution in [0, 0.1) is 5.41 Å². The average molecular weight is 672 g/mol. The number of nitrogens with zero attached hydrogens (tertiary/aromatic N) is 3. The Morgan fingerprint density at radius 3 is 2.35 bits per heavy atom. The smallest absolute Gasteiger partial charge is 0.267 e. The molecule has 250 valence electrons. The molecule has 13 nitrogen and oxygen atoms in total. The molecular weight excluding hydrogens is 634 g/mol. The number of carbonyl (C=O) groups excluding carboxylic acids is 3. The second kappa shape index (κ2) is 14.9. The van der Waals surface area contributed by atoms with E-state index in [9.17, 15) is 19.5 Å². The summed E-state index contributed by atoms with van der Waals surface area (Å²) in [5.74, 6) is -1.68. The number of amidine groups is 1. The number of guanidine groups is 1. The van der Waals surface area contributed by atoms with Gasteiger partial charge in [0.1, 0.15) is 12.1 Å². The molecule has 2 aliphatic rings. The van der Waals surface area contributed by atoms with E-state index in [1.165, 1.54) is 24.0 Å². The van der Waals surface area contributed by atoms with Gasteiger partial charge >= 0.3 is 0 Å².